The molecular weight excluding hydrogens is 282 g/mol. The summed E-state index contributed by atoms with van der Waals surface area (Å²) in [5.74, 6) is -4.37. The third-order valence-electron chi connectivity index (χ3n) is 2.22. The van der Waals surface area contributed by atoms with Crippen molar-refractivity contribution < 1.29 is 28.7 Å². The lowest BCUT2D eigenvalue weighted by atomic mass is 9.97. The van der Waals surface area contributed by atoms with Gasteiger partial charge in [-0.05, 0) is 20.8 Å². The van der Waals surface area contributed by atoms with Crippen LogP contribution >= 0.6 is 0 Å². The summed E-state index contributed by atoms with van der Waals surface area (Å²) in [5.41, 5.74) is 7.03. The average molecular weight is 301 g/mol. The number of hydrogen-bond acceptors (Lipinski definition) is 7. The Kier molecular flexibility index (Phi) is 8.35. The van der Waals surface area contributed by atoms with Crippen LogP contribution in [0.3, 0.4) is 0 Å². The smallest absolute Gasteiger partial charge is 0.375 e. The van der Waals surface area contributed by atoms with Crippen LogP contribution in [-0.2, 0) is 23.9 Å². The van der Waals surface area contributed by atoms with Gasteiger partial charge in [-0.2, -0.15) is 5.10 Å². The molecule has 21 heavy (non-hydrogen) atoms. The molecule has 9 heteroatoms. The monoisotopic (exact) mass is 301 g/mol. The number of amides is 2. The van der Waals surface area contributed by atoms with E-state index in [4.69, 9.17) is 10.5 Å². The van der Waals surface area contributed by atoms with Crippen LogP contribution in [0.15, 0.2) is 5.10 Å². The van der Waals surface area contributed by atoms with Crippen molar-refractivity contribution in [2.75, 3.05) is 13.2 Å². The lowest BCUT2D eigenvalue weighted by molar-refractivity contribution is -0.161. The van der Waals surface area contributed by atoms with Crippen LogP contribution in [0.25, 0.3) is 0 Å². The minimum absolute atomic E-state index is 0.0103. The number of ketones is 1. The Labute approximate surface area is 121 Å². The summed E-state index contributed by atoms with van der Waals surface area (Å²) in [6.07, 6.45) is -0.198. The van der Waals surface area contributed by atoms with Crippen molar-refractivity contribution in [2.45, 2.75) is 27.2 Å². The summed E-state index contributed by atoms with van der Waals surface area (Å²) in [6, 6.07) is -0.890. The number of hydrogen-bond donors (Lipinski definition) is 2. The first-order chi connectivity index (χ1) is 9.83. The quantitative estimate of drug-likeness (QED) is 0.208. The highest BCUT2D eigenvalue weighted by Gasteiger charge is 2.34. The fourth-order valence-electron chi connectivity index (χ4n) is 1.36. The second kappa shape index (κ2) is 9.45. The van der Waals surface area contributed by atoms with Gasteiger partial charge in [0.15, 0.2) is 0 Å². The molecule has 0 rings (SSSR count). The number of carbonyl (C=O) groups excluding carboxylic acids is 4. The number of urea groups is 1. The van der Waals surface area contributed by atoms with Gasteiger partial charge in [0.05, 0.1) is 13.2 Å². The molecule has 0 aromatic carbocycles. The molecule has 0 heterocycles. The van der Waals surface area contributed by atoms with Gasteiger partial charge in [0.1, 0.15) is 5.92 Å². The number of rotatable bonds is 8. The largest absolute Gasteiger partial charge is 0.465 e. The molecule has 0 aromatic rings. The summed E-state index contributed by atoms with van der Waals surface area (Å²) in [7, 11) is 0. The van der Waals surface area contributed by atoms with Crippen molar-refractivity contribution in [3.05, 3.63) is 0 Å². The molecule has 1 atom stereocenters. The fraction of sp³-hybridized carbons (Fsp3) is 0.583. The predicted octanol–water partition coefficient (Wildman–Crippen LogP) is -0.268. The van der Waals surface area contributed by atoms with Crippen molar-refractivity contribution >= 4 is 29.5 Å². The Bertz CT molecular complexity index is 446. The van der Waals surface area contributed by atoms with Crippen molar-refractivity contribution in [1.82, 2.24) is 5.43 Å². The molecule has 0 aliphatic carbocycles. The summed E-state index contributed by atoms with van der Waals surface area (Å²) >= 11 is 0. The van der Waals surface area contributed by atoms with Gasteiger partial charge in [0.25, 0.3) is 5.78 Å². The zero-order valence-electron chi connectivity index (χ0n) is 12.2. The SMILES string of the molecule is CCOC(=O)C(=O)C(C/C(C)=N/NC(N)=O)C(=O)OCC. The van der Waals surface area contributed by atoms with Crippen LogP contribution in [0.1, 0.15) is 27.2 Å². The Morgan fingerprint density at radius 3 is 2.19 bits per heavy atom. The molecular formula is C12H19N3O6. The number of esters is 2. The third kappa shape index (κ3) is 7.04. The van der Waals surface area contributed by atoms with E-state index in [2.05, 4.69) is 9.84 Å². The molecule has 0 saturated carbocycles. The van der Waals surface area contributed by atoms with E-state index in [-0.39, 0.29) is 25.3 Å². The molecule has 0 spiro atoms. The summed E-state index contributed by atoms with van der Waals surface area (Å²) in [6.45, 7) is 4.63. The Morgan fingerprint density at radius 1 is 1.14 bits per heavy atom. The normalized spacial score (nSPS) is 12.2. The Hall–Kier alpha value is -2.45. The first-order valence-corrected chi connectivity index (χ1v) is 6.29. The van der Waals surface area contributed by atoms with E-state index in [9.17, 15) is 19.2 Å². The molecule has 3 N–H and O–H groups in total. The van der Waals surface area contributed by atoms with Crippen LogP contribution in [-0.4, -0.2) is 42.7 Å². The fourth-order valence-corrected chi connectivity index (χ4v) is 1.36. The molecule has 118 valence electrons. The number of Topliss-reactive ketones (excluding diaryl/α,β-unsaturated/α-hetero) is 1. The lowest BCUT2D eigenvalue weighted by Gasteiger charge is -2.13. The van der Waals surface area contributed by atoms with Crippen molar-refractivity contribution in [2.24, 2.45) is 16.8 Å². The van der Waals surface area contributed by atoms with E-state index in [0.717, 1.165) is 0 Å². The van der Waals surface area contributed by atoms with Crippen LogP contribution < -0.4 is 11.2 Å². The summed E-state index contributed by atoms with van der Waals surface area (Å²) in [5, 5.41) is 3.57. The zero-order valence-corrected chi connectivity index (χ0v) is 12.2. The van der Waals surface area contributed by atoms with Gasteiger partial charge in [-0.3, -0.25) is 9.59 Å². The van der Waals surface area contributed by atoms with Gasteiger partial charge in [-0.15, -0.1) is 0 Å². The molecule has 2 amide bonds. The molecule has 1 unspecified atom stereocenters. The Balaban J connectivity index is 5.02. The highest BCUT2D eigenvalue weighted by Crippen LogP contribution is 2.10. The highest BCUT2D eigenvalue weighted by molar-refractivity contribution is 6.38. The van der Waals surface area contributed by atoms with E-state index >= 15 is 0 Å². The van der Waals surface area contributed by atoms with Gasteiger partial charge in [0.2, 0.25) is 0 Å². The molecule has 0 radical (unpaired) electrons. The molecule has 0 aliphatic rings. The van der Waals surface area contributed by atoms with Crippen LogP contribution in [0.5, 0.6) is 0 Å². The maximum atomic E-state index is 11.9. The zero-order chi connectivity index (χ0) is 16.4. The standard InChI is InChI=1S/C12H19N3O6/c1-4-20-10(17)8(9(16)11(18)21-5-2)6-7(3)14-15-12(13)19/h8H,4-6H2,1-3H3,(H3,13,15,19)/b14-7+. The van der Waals surface area contributed by atoms with Crippen LogP contribution in [0.4, 0.5) is 4.79 Å². The van der Waals surface area contributed by atoms with E-state index in [1.807, 2.05) is 5.43 Å². The van der Waals surface area contributed by atoms with Gasteiger partial charge in [-0.1, -0.05) is 0 Å². The predicted molar refractivity (Wildman–Crippen MR) is 72.2 cm³/mol. The van der Waals surface area contributed by atoms with Crippen molar-refractivity contribution in [3.63, 3.8) is 0 Å². The van der Waals surface area contributed by atoms with Crippen molar-refractivity contribution in [3.8, 4) is 0 Å². The minimum Gasteiger partial charge on any atom is -0.465 e. The summed E-state index contributed by atoms with van der Waals surface area (Å²) < 4.78 is 9.31. The number of ether oxygens (including phenoxy) is 2. The van der Waals surface area contributed by atoms with Gasteiger partial charge >= 0.3 is 18.0 Å². The molecule has 9 nitrogen and oxygen atoms in total. The van der Waals surface area contributed by atoms with Crippen molar-refractivity contribution in [1.29, 1.82) is 0 Å². The first kappa shape index (κ1) is 18.6. The number of primary amides is 1. The third-order valence-corrected chi connectivity index (χ3v) is 2.22. The van der Waals surface area contributed by atoms with Gasteiger partial charge < -0.3 is 15.2 Å². The number of hydrazone groups is 1. The molecule has 0 fully saturated rings. The van der Waals surface area contributed by atoms with Crippen LogP contribution in [0.2, 0.25) is 0 Å². The highest BCUT2D eigenvalue weighted by atomic mass is 16.5. The second-order valence-corrected chi connectivity index (χ2v) is 3.92. The number of nitrogens with zero attached hydrogens (tertiary/aromatic N) is 1. The van der Waals surface area contributed by atoms with E-state index in [1.54, 1.807) is 6.92 Å². The van der Waals surface area contributed by atoms with Crippen LogP contribution in [0, 0.1) is 5.92 Å². The summed E-state index contributed by atoms with van der Waals surface area (Å²) in [4.78, 5) is 45.6. The molecule has 0 aliphatic heterocycles. The minimum atomic E-state index is -1.37. The maximum Gasteiger partial charge on any atom is 0.375 e. The van der Waals surface area contributed by atoms with E-state index in [1.165, 1.54) is 13.8 Å². The average Bonchev–Trinajstić information content (AvgIpc) is 2.42. The first-order valence-electron chi connectivity index (χ1n) is 6.29. The van der Waals surface area contributed by atoms with Gasteiger partial charge in [-0.25, -0.2) is 15.0 Å². The van der Waals surface area contributed by atoms with E-state index in [0.29, 0.717) is 0 Å². The second-order valence-electron chi connectivity index (χ2n) is 3.92. The Morgan fingerprint density at radius 2 is 1.71 bits per heavy atom. The topological polar surface area (TPSA) is 137 Å². The molecule has 0 saturated heterocycles. The lowest BCUT2D eigenvalue weighted by Crippen LogP contribution is -2.35. The van der Waals surface area contributed by atoms with Gasteiger partial charge in [0, 0.05) is 12.1 Å². The molecule has 0 aromatic heterocycles. The van der Waals surface area contributed by atoms with E-state index < -0.39 is 29.7 Å². The number of carbonyl (C=O) groups is 4. The molecule has 0 bridgehead atoms. The number of nitrogens with one attached hydrogen (secondary N) is 1. The number of nitrogens with two attached hydrogens (primary N) is 1. The maximum absolute atomic E-state index is 11.9.